The number of nitrogens with one attached hydrogen (secondary N) is 1. The SMILES string of the molecule is COc1ccc(S(=O)(=O)NC2(/C(N)=N/O)CCCC2)cc1. The lowest BCUT2D eigenvalue weighted by Gasteiger charge is -2.28. The van der Waals surface area contributed by atoms with E-state index in [9.17, 15) is 8.42 Å². The molecule has 0 aliphatic heterocycles. The first-order chi connectivity index (χ1) is 9.93. The molecule has 21 heavy (non-hydrogen) atoms. The predicted molar refractivity (Wildman–Crippen MR) is 77.9 cm³/mol. The first-order valence-electron chi connectivity index (χ1n) is 6.59. The third-order valence-corrected chi connectivity index (χ3v) is 5.31. The predicted octanol–water partition coefficient (Wildman–Crippen LogP) is 1.03. The molecule has 1 saturated carbocycles. The number of nitrogens with two attached hydrogens (primary N) is 1. The zero-order valence-electron chi connectivity index (χ0n) is 11.7. The van der Waals surface area contributed by atoms with E-state index in [1.807, 2.05) is 0 Å². The molecule has 1 fully saturated rings. The number of amidine groups is 1. The fourth-order valence-electron chi connectivity index (χ4n) is 2.56. The van der Waals surface area contributed by atoms with Gasteiger partial charge in [-0.25, -0.2) is 8.42 Å². The van der Waals surface area contributed by atoms with E-state index < -0.39 is 15.6 Å². The van der Waals surface area contributed by atoms with Gasteiger partial charge in [-0.1, -0.05) is 18.0 Å². The van der Waals surface area contributed by atoms with Crippen LogP contribution >= 0.6 is 0 Å². The monoisotopic (exact) mass is 313 g/mol. The second kappa shape index (κ2) is 5.90. The maximum Gasteiger partial charge on any atom is 0.241 e. The van der Waals surface area contributed by atoms with Gasteiger partial charge in [-0.2, -0.15) is 4.72 Å². The van der Waals surface area contributed by atoms with Crippen LogP contribution in [0.15, 0.2) is 34.3 Å². The van der Waals surface area contributed by atoms with E-state index in [0.29, 0.717) is 18.6 Å². The number of methoxy groups -OCH3 is 1. The average Bonchev–Trinajstić information content (AvgIpc) is 2.95. The fourth-order valence-corrected chi connectivity index (χ4v) is 3.99. The third-order valence-electron chi connectivity index (χ3n) is 3.75. The summed E-state index contributed by atoms with van der Waals surface area (Å²) >= 11 is 0. The second-order valence-corrected chi connectivity index (χ2v) is 6.74. The Kier molecular flexibility index (Phi) is 4.38. The van der Waals surface area contributed by atoms with Crippen LogP contribution in [-0.2, 0) is 10.0 Å². The summed E-state index contributed by atoms with van der Waals surface area (Å²) in [5, 5.41) is 11.9. The minimum atomic E-state index is -3.76. The van der Waals surface area contributed by atoms with Crippen LogP contribution < -0.4 is 15.2 Å². The summed E-state index contributed by atoms with van der Waals surface area (Å²) in [5.74, 6) is 0.470. The Labute approximate surface area is 123 Å². The third kappa shape index (κ3) is 3.11. The summed E-state index contributed by atoms with van der Waals surface area (Å²) in [4.78, 5) is 0.111. The quantitative estimate of drug-likeness (QED) is 0.325. The van der Waals surface area contributed by atoms with E-state index in [4.69, 9.17) is 15.7 Å². The van der Waals surface area contributed by atoms with Crippen LogP contribution in [0.3, 0.4) is 0 Å². The maximum absolute atomic E-state index is 12.5. The van der Waals surface area contributed by atoms with Crippen molar-refractivity contribution in [3.05, 3.63) is 24.3 Å². The van der Waals surface area contributed by atoms with Crippen LogP contribution in [0, 0.1) is 0 Å². The molecule has 1 aromatic rings. The smallest absolute Gasteiger partial charge is 0.241 e. The Morgan fingerprint density at radius 3 is 2.38 bits per heavy atom. The van der Waals surface area contributed by atoms with Gasteiger partial charge in [0.2, 0.25) is 10.0 Å². The van der Waals surface area contributed by atoms with Gasteiger partial charge in [-0.05, 0) is 37.1 Å². The highest BCUT2D eigenvalue weighted by Gasteiger charge is 2.42. The highest BCUT2D eigenvalue weighted by Crippen LogP contribution is 2.31. The van der Waals surface area contributed by atoms with Gasteiger partial charge >= 0.3 is 0 Å². The van der Waals surface area contributed by atoms with Gasteiger partial charge in [0.15, 0.2) is 5.84 Å². The number of benzene rings is 1. The van der Waals surface area contributed by atoms with Crippen molar-refractivity contribution < 1.29 is 18.4 Å². The molecule has 0 radical (unpaired) electrons. The molecule has 116 valence electrons. The number of hydrogen-bond acceptors (Lipinski definition) is 5. The van der Waals surface area contributed by atoms with Crippen LogP contribution in [0.5, 0.6) is 5.75 Å². The Bertz CT molecular complexity index is 619. The van der Waals surface area contributed by atoms with Crippen molar-refractivity contribution in [1.29, 1.82) is 0 Å². The topological polar surface area (TPSA) is 114 Å². The molecule has 2 rings (SSSR count). The number of hydrogen-bond donors (Lipinski definition) is 3. The number of ether oxygens (including phenoxy) is 1. The van der Waals surface area contributed by atoms with Gasteiger partial charge in [0.25, 0.3) is 0 Å². The molecule has 1 aliphatic rings. The van der Waals surface area contributed by atoms with Crippen LogP contribution in [0.1, 0.15) is 25.7 Å². The van der Waals surface area contributed by atoms with Crippen molar-refractivity contribution in [3.63, 3.8) is 0 Å². The lowest BCUT2D eigenvalue weighted by atomic mass is 9.98. The van der Waals surface area contributed by atoms with Crippen molar-refractivity contribution in [3.8, 4) is 5.75 Å². The summed E-state index contributed by atoms with van der Waals surface area (Å²) in [7, 11) is -2.25. The van der Waals surface area contributed by atoms with Gasteiger partial charge in [0.05, 0.1) is 17.5 Å². The van der Waals surface area contributed by atoms with Crippen molar-refractivity contribution in [2.45, 2.75) is 36.1 Å². The number of oxime groups is 1. The van der Waals surface area contributed by atoms with E-state index in [2.05, 4.69) is 9.88 Å². The molecule has 1 aromatic carbocycles. The molecule has 0 spiro atoms. The molecule has 0 aromatic heterocycles. The molecule has 0 amide bonds. The Hall–Kier alpha value is -1.80. The normalized spacial score (nSPS) is 18.6. The molecule has 7 nitrogen and oxygen atoms in total. The fraction of sp³-hybridized carbons (Fsp3) is 0.462. The molecular formula is C13H19N3O4S. The lowest BCUT2D eigenvalue weighted by molar-refractivity contribution is 0.309. The zero-order chi connectivity index (χ0) is 15.5. The van der Waals surface area contributed by atoms with E-state index in [1.165, 1.54) is 19.2 Å². The second-order valence-electron chi connectivity index (χ2n) is 5.06. The number of nitrogens with zero attached hydrogens (tertiary/aromatic N) is 1. The van der Waals surface area contributed by atoms with Crippen molar-refractivity contribution in [1.82, 2.24) is 4.72 Å². The molecule has 0 heterocycles. The zero-order valence-corrected chi connectivity index (χ0v) is 12.6. The van der Waals surface area contributed by atoms with Crippen molar-refractivity contribution >= 4 is 15.9 Å². The van der Waals surface area contributed by atoms with Gasteiger partial charge in [0, 0.05) is 0 Å². The summed E-state index contributed by atoms with van der Waals surface area (Å²) in [6.07, 6.45) is 2.67. The molecule has 4 N–H and O–H groups in total. The van der Waals surface area contributed by atoms with Crippen LogP contribution in [0.25, 0.3) is 0 Å². The molecule has 0 bridgehead atoms. The van der Waals surface area contributed by atoms with E-state index in [1.54, 1.807) is 12.1 Å². The summed E-state index contributed by atoms with van der Waals surface area (Å²) in [5.41, 5.74) is 4.69. The minimum absolute atomic E-state index is 0.0999. The summed E-state index contributed by atoms with van der Waals surface area (Å²) < 4.78 is 32.5. The van der Waals surface area contributed by atoms with Crippen molar-refractivity contribution in [2.75, 3.05) is 7.11 Å². The minimum Gasteiger partial charge on any atom is -0.497 e. The molecule has 1 aliphatic carbocycles. The van der Waals surface area contributed by atoms with E-state index >= 15 is 0 Å². The molecule has 0 atom stereocenters. The molecule has 0 unspecified atom stereocenters. The average molecular weight is 313 g/mol. The largest absolute Gasteiger partial charge is 0.497 e. The molecule has 0 saturated heterocycles. The van der Waals surface area contributed by atoms with Gasteiger partial charge in [0.1, 0.15) is 5.75 Å². The maximum atomic E-state index is 12.5. The summed E-state index contributed by atoms with van der Waals surface area (Å²) in [6, 6.07) is 6.05. The highest BCUT2D eigenvalue weighted by molar-refractivity contribution is 7.89. The lowest BCUT2D eigenvalue weighted by Crippen LogP contribution is -2.55. The van der Waals surface area contributed by atoms with Crippen LogP contribution in [0.2, 0.25) is 0 Å². The van der Waals surface area contributed by atoms with E-state index in [-0.39, 0.29) is 10.7 Å². The first kappa shape index (κ1) is 15.6. The highest BCUT2D eigenvalue weighted by atomic mass is 32.2. The first-order valence-corrected chi connectivity index (χ1v) is 8.08. The Balaban J connectivity index is 2.30. The standard InChI is InChI=1S/C13H19N3O4S/c1-20-10-4-6-11(7-5-10)21(18,19)16-13(12(14)15-17)8-2-3-9-13/h4-7,16-17H,2-3,8-9H2,1H3,(H2,14,15). The van der Waals surface area contributed by atoms with E-state index in [0.717, 1.165) is 12.8 Å². The number of sulfonamides is 1. The van der Waals surface area contributed by atoms with Gasteiger partial charge in [-0.15, -0.1) is 0 Å². The van der Waals surface area contributed by atoms with Gasteiger partial charge < -0.3 is 15.7 Å². The number of rotatable bonds is 5. The van der Waals surface area contributed by atoms with Crippen molar-refractivity contribution in [2.24, 2.45) is 10.9 Å². The van der Waals surface area contributed by atoms with Gasteiger partial charge in [-0.3, -0.25) is 0 Å². The van der Waals surface area contributed by atoms with Crippen LogP contribution in [-0.4, -0.2) is 32.1 Å². The Morgan fingerprint density at radius 2 is 1.90 bits per heavy atom. The Morgan fingerprint density at radius 1 is 1.33 bits per heavy atom. The molecule has 8 heteroatoms. The molecular weight excluding hydrogens is 294 g/mol. The van der Waals surface area contributed by atoms with Crippen LogP contribution in [0.4, 0.5) is 0 Å². The summed E-state index contributed by atoms with van der Waals surface area (Å²) in [6.45, 7) is 0.